The maximum absolute atomic E-state index is 12.6. The Hall–Kier alpha value is -3.87. The summed E-state index contributed by atoms with van der Waals surface area (Å²) >= 11 is 0. The fourth-order valence-corrected chi connectivity index (χ4v) is 4.11. The summed E-state index contributed by atoms with van der Waals surface area (Å²) in [6.45, 7) is 3.38. The van der Waals surface area contributed by atoms with Crippen LogP contribution in [0.2, 0.25) is 0 Å². The first kappa shape index (κ1) is 20.1. The van der Waals surface area contributed by atoms with Crippen LogP contribution in [0, 0.1) is 12.8 Å². The minimum absolute atomic E-state index is 0.00363. The predicted molar refractivity (Wildman–Crippen MR) is 123 cm³/mol. The van der Waals surface area contributed by atoms with Gasteiger partial charge in [0.1, 0.15) is 17.3 Å². The number of aromatic nitrogens is 2. The third-order valence-corrected chi connectivity index (χ3v) is 5.75. The van der Waals surface area contributed by atoms with Gasteiger partial charge in [-0.2, -0.15) is 0 Å². The van der Waals surface area contributed by atoms with Crippen LogP contribution in [0.15, 0.2) is 71.4 Å². The fourth-order valence-electron chi connectivity index (χ4n) is 4.11. The van der Waals surface area contributed by atoms with Crippen molar-refractivity contribution in [2.45, 2.75) is 19.8 Å². The van der Waals surface area contributed by atoms with Crippen LogP contribution in [0.1, 0.15) is 18.6 Å². The quantitative estimate of drug-likeness (QED) is 0.472. The number of hydrogen-bond acceptors (Lipinski definition) is 6. The number of ether oxygens (including phenoxy) is 1. The molecule has 4 aromatic rings. The van der Waals surface area contributed by atoms with Crippen molar-refractivity contribution in [1.29, 1.82) is 0 Å². The third kappa shape index (κ3) is 4.27. The molecule has 32 heavy (non-hydrogen) atoms. The summed E-state index contributed by atoms with van der Waals surface area (Å²) in [5.41, 5.74) is 2.03. The van der Waals surface area contributed by atoms with E-state index in [0.717, 1.165) is 54.0 Å². The highest BCUT2D eigenvalue weighted by molar-refractivity contribution is 5.94. The van der Waals surface area contributed by atoms with Gasteiger partial charge >= 0.3 is 0 Å². The molecule has 2 aromatic heterocycles. The fraction of sp³-hybridized carbons (Fsp3) is 0.240. The third-order valence-electron chi connectivity index (χ3n) is 5.75. The van der Waals surface area contributed by atoms with E-state index in [-0.39, 0.29) is 11.8 Å². The van der Waals surface area contributed by atoms with Gasteiger partial charge in [0.25, 0.3) is 0 Å². The summed E-state index contributed by atoms with van der Waals surface area (Å²) < 4.78 is 11.0. The number of hydrogen-bond donors (Lipinski definition) is 1. The van der Waals surface area contributed by atoms with Gasteiger partial charge < -0.3 is 19.5 Å². The van der Waals surface area contributed by atoms with Crippen molar-refractivity contribution in [3.8, 4) is 11.5 Å². The molecular weight excluding hydrogens is 404 g/mol. The van der Waals surface area contributed by atoms with Gasteiger partial charge in [-0.05, 0) is 56.2 Å². The summed E-state index contributed by atoms with van der Waals surface area (Å²) in [6, 6.07) is 19.5. The zero-order valence-electron chi connectivity index (χ0n) is 17.8. The standard InChI is InChI=1S/C25H24N4O3/c1-17-15-24(28-32-17)27-25(30)18-10-13-29(14-11-18)23-9-12-26-22-8-7-20(16-21(22)23)31-19-5-3-2-4-6-19/h2-9,12,15-16,18H,10-11,13-14H2,1H3,(H,27,28,30). The molecule has 7 nitrogen and oxygen atoms in total. The maximum Gasteiger partial charge on any atom is 0.228 e. The van der Waals surface area contributed by atoms with E-state index in [4.69, 9.17) is 9.26 Å². The summed E-state index contributed by atoms with van der Waals surface area (Å²) in [5.74, 6) is 2.67. The molecule has 7 heteroatoms. The Kier molecular flexibility index (Phi) is 5.46. The number of nitrogens with one attached hydrogen (secondary N) is 1. The second-order valence-corrected chi connectivity index (χ2v) is 8.00. The lowest BCUT2D eigenvalue weighted by atomic mass is 9.95. The Morgan fingerprint density at radius 1 is 1.06 bits per heavy atom. The van der Waals surface area contributed by atoms with Crippen LogP contribution in [0.5, 0.6) is 11.5 Å². The number of pyridine rings is 1. The van der Waals surface area contributed by atoms with Gasteiger partial charge in [-0.15, -0.1) is 0 Å². The number of carbonyl (C=O) groups excluding carboxylic acids is 1. The van der Waals surface area contributed by atoms with Gasteiger partial charge in [0, 0.05) is 42.3 Å². The number of fused-ring (bicyclic) bond motifs is 1. The number of piperidine rings is 1. The van der Waals surface area contributed by atoms with Crippen molar-refractivity contribution in [1.82, 2.24) is 10.1 Å². The minimum Gasteiger partial charge on any atom is -0.457 e. The molecule has 0 spiro atoms. The van der Waals surface area contributed by atoms with Crippen molar-refractivity contribution in [2.24, 2.45) is 5.92 Å². The molecule has 3 heterocycles. The molecule has 1 fully saturated rings. The molecule has 0 atom stereocenters. The van der Waals surface area contributed by atoms with Crippen molar-refractivity contribution in [3.05, 3.63) is 72.6 Å². The van der Waals surface area contributed by atoms with E-state index in [1.54, 1.807) is 13.0 Å². The van der Waals surface area contributed by atoms with Crippen LogP contribution in [0.25, 0.3) is 10.9 Å². The van der Waals surface area contributed by atoms with Gasteiger partial charge in [0.2, 0.25) is 5.91 Å². The van der Waals surface area contributed by atoms with Crippen LogP contribution < -0.4 is 15.0 Å². The van der Waals surface area contributed by atoms with Crippen LogP contribution in [0.4, 0.5) is 11.5 Å². The normalized spacial score (nSPS) is 14.5. The van der Waals surface area contributed by atoms with E-state index in [9.17, 15) is 4.79 Å². The Labute approximate surface area is 186 Å². The molecule has 1 saturated heterocycles. The summed E-state index contributed by atoms with van der Waals surface area (Å²) in [5, 5.41) is 7.75. The second kappa shape index (κ2) is 8.70. The van der Waals surface area contributed by atoms with E-state index in [1.165, 1.54) is 0 Å². The van der Waals surface area contributed by atoms with E-state index in [2.05, 4.69) is 20.4 Å². The van der Waals surface area contributed by atoms with Gasteiger partial charge in [0.05, 0.1) is 5.52 Å². The topological polar surface area (TPSA) is 80.5 Å². The largest absolute Gasteiger partial charge is 0.457 e. The minimum atomic E-state index is -0.0478. The first-order valence-electron chi connectivity index (χ1n) is 10.8. The molecule has 1 amide bonds. The predicted octanol–water partition coefficient (Wildman–Crippen LogP) is 5.18. The molecule has 0 radical (unpaired) electrons. The molecule has 162 valence electrons. The van der Waals surface area contributed by atoms with Crippen molar-refractivity contribution in [2.75, 3.05) is 23.3 Å². The number of rotatable bonds is 5. The van der Waals surface area contributed by atoms with E-state index in [0.29, 0.717) is 11.6 Å². The first-order chi connectivity index (χ1) is 15.7. The van der Waals surface area contributed by atoms with Crippen LogP contribution in [-0.4, -0.2) is 29.1 Å². The molecule has 2 aromatic carbocycles. The Balaban J connectivity index is 1.30. The zero-order valence-corrected chi connectivity index (χ0v) is 17.8. The van der Waals surface area contributed by atoms with Gasteiger partial charge in [-0.1, -0.05) is 23.4 Å². The molecular formula is C25H24N4O3. The number of anilines is 2. The molecule has 0 unspecified atom stereocenters. The number of nitrogens with zero attached hydrogens (tertiary/aromatic N) is 3. The van der Waals surface area contributed by atoms with Gasteiger partial charge in [-0.3, -0.25) is 9.78 Å². The van der Waals surface area contributed by atoms with Crippen molar-refractivity contribution >= 4 is 28.3 Å². The summed E-state index contributed by atoms with van der Waals surface area (Å²) in [6.07, 6.45) is 3.38. The first-order valence-corrected chi connectivity index (χ1v) is 10.8. The number of aryl methyl sites for hydroxylation is 1. The maximum atomic E-state index is 12.6. The highest BCUT2D eigenvalue weighted by Crippen LogP contribution is 2.33. The Bertz CT molecular complexity index is 1230. The number of benzene rings is 2. The van der Waals surface area contributed by atoms with Crippen molar-refractivity contribution in [3.63, 3.8) is 0 Å². The SMILES string of the molecule is Cc1cc(NC(=O)C2CCN(c3ccnc4ccc(Oc5ccccc5)cc34)CC2)no1. The molecule has 0 bridgehead atoms. The Morgan fingerprint density at radius 2 is 1.88 bits per heavy atom. The van der Waals surface area contributed by atoms with Gasteiger partial charge in [0.15, 0.2) is 5.82 Å². The lowest BCUT2D eigenvalue weighted by molar-refractivity contribution is -0.120. The Morgan fingerprint density at radius 3 is 2.62 bits per heavy atom. The van der Waals surface area contributed by atoms with E-state index < -0.39 is 0 Å². The molecule has 0 aliphatic carbocycles. The average molecular weight is 428 g/mol. The summed E-state index contributed by atoms with van der Waals surface area (Å²) in [7, 11) is 0. The molecule has 1 aliphatic rings. The van der Waals surface area contributed by atoms with E-state index >= 15 is 0 Å². The highest BCUT2D eigenvalue weighted by atomic mass is 16.5. The molecule has 1 aliphatic heterocycles. The average Bonchev–Trinajstić information content (AvgIpc) is 3.24. The zero-order chi connectivity index (χ0) is 21.9. The molecule has 0 saturated carbocycles. The lowest BCUT2D eigenvalue weighted by Crippen LogP contribution is -2.38. The second-order valence-electron chi connectivity index (χ2n) is 8.00. The van der Waals surface area contributed by atoms with Crippen LogP contribution in [0.3, 0.4) is 0 Å². The number of amides is 1. The molecule has 1 N–H and O–H groups in total. The van der Waals surface area contributed by atoms with Crippen LogP contribution in [-0.2, 0) is 4.79 Å². The van der Waals surface area contributed by atoms with Crippen LogP contribution >= 0.6 is 0 Å². The highest BCUT2D eigenvalue weighted by Gasteiger charge is 2.26. The smallest absolute Gasteiger partial charge is 0.228 e. The molecule has 5 rings (SSSR count). The summed E-state index contributed by atoms with van der Waals surface area (Å²) in [4.78, 5) is 19.4. The van der Waals surface area contributed by atoms with E-state index in [1.807, 2.05) is 60.8 Å². The number of para-hydroxylation sites is 1. The number of carbonyl (C=O) groups is 1. The van der Waals surface area contributed by atoms with Crippen molar-refractivity contribution < 1.29 is 14.1 Å². The lowest BCUT2D eigenvalue weighted by Gasteiger charge is -2.33. The monoisotopic (exact) mass is 428 g/mol. The van der Waals surface area contributed by atoms with Gasteiger partial charge in [-0.25, -0.2) is 0 Å².